The van der Waals surface area contributed by atoms with Crippen molar-refractivity contribution in [3.05, 3.63) is 47.2 Å². The van der Waals surface area contributed by atoms with Gasteiger partial charge in [0, 0.05) is 6.04 Å². The SMILES string of the molecule is CCOC(=O)C1=C(O)C(=O)N(C(C)C)C1c1ccccc1. The molecule has 1 heterocycles. The molecule has 1 aromatic rings. The first-order valence-corrected chi connectivity index (χ1v) is 6.96. The molecule has 2 rings (SSSR count). The molecule has 112 valence electrons. The van der Waals surface area contributed by atoms with Crippen molar-refractivity contribution in [3.63, 3.8) is 0 Å². The van der Waals surface area contributed by atoms with Gasteiger partial charge in [-0.15, -0.1) is 0 Å². The summed E-state index contributed by atoms with van der Waals surface area (Å²) in [5.74, 6) is -1.71. The van der Waals surface area contributed by atoms with E-state index in [9.17, 15) is 14.7 Å². The maximum absolute atomic E-state index is 12.3. The third-order valence-electron chi connectivity index (χ3n) is 3.41. The number of hydrogen-bond acceptors (Lipinski definition) is 4. The molecule has 1 aromatic carbocycles. The Hall–Kier alpha value is -2.30. The van der Waals surface area contributed by atoms with Crippen molar-refractivity contribution in [2.45, 2.75) is 32.9 Å². The molecule has 1 amide bonds. The average Bonchev–Trinajstić information content (AvgIpc) is 2.72. The summed E-state index contributed by atoms with van der Waals surface area (Å²) in [6.07, 6.45) is 0. The summed E-state index contributed by atoms with van der Waals surface area (Å²) >= 11 is 0. The lowest BCUT2D eigenvalue weighted by molar-refractivity contribution is -0.139. The molecule has 21 heavy (non-hydrogen) atoms. The molecule has 0 spiro atoms. The largest absolute Gasteiger partial charge is 0.503 e. The highest BCUT2D eigenvalue weighted by molar-refractivity contribution is 6.06. The minimum atomic E-state index is -0.652. The van der Waals surface area contributed by atoms with Crippen LogP contribution >= 0.6 is 0 Å². The molecule has 5 nitrogen and oxygen atoms in total. The monoisotopic (exact) mass is 289 g/mol. The molecular formula is C16H19NO4. The maximum atomic E-state index is 12.3. The number of amides is 1. The molecule has 1 N–H and O–H groups in total. The number of rotatable bonds is 4. The van der Waals surface area contributed by atoms with Crippen molar-refractivity contribution >= 4 is 11.9 Å². The highest BCUT2D eigenvalue weighted by Gasteiger charge is 2.45. The fraction of sp³-hybridized carbons (Fsp3) is 0.375. The van der Waals surface area contributed by atoms with Gasteiger partial charge in [0.2, 0.25) is 0 Å². The van der Waals surface area contributed by atoms with E-state index < -0.39 is 23.7 Å². The quantitative estimate of drug-likeness (QED) is 0.864. The molecule has 0 saturated carbocycles. The minimum absolute atomic E-state index is 0.0155. The van der Waals surface area contributed by atoms with Crippen molar-refractivity contribution in [1.29, 1.82) is 0 Å². The van der Waals surface area contributed by atoms with Crippen molar-refractivity contribution < 1.29 is 19.4 Å². The number of carbonyl (C=O) groups excluding carboxylic acids is 2. The van der Waals surface area contributed by atoms with E-state index in [2.05, 4.69) is 0 Å². The normalized spacial score (nSPS) is 18.6. The van der Waals surface area contributed by atoms with Crippen LogP contribution < -0.4 is 0 Å². The van der Waals surface area contributed by atoms with Crippen molar-refractivity contribution in [1.82, 2.24) is 4.90 Å². The Morgan fingerprint density at radius 2 is 1.95 bits per heavy atom. The third kappa shape index (κ3) is 2.63. The van der Waals surface area contributed by atoms with Gasteiger partial charge in [-0.05, 0) is 26.3 Å². The predicted octanol–water partition coefficient (Wildman–Crippen LogP) is 2.35. The van der Waals surface area contributed by atoms with Gasteiger partial charge in [-0.3, -0.25) is 4.79 Å². The fourth-order valence-electron chi connectivity index (χ4n) is 2.54. The Morgan fingerprint density at radius 1 is 1.33 bits per heavy atom. The van der Waals surface area contributed by atoms with Crippen molar-refractivity contribution in [2.24, 2.45) is 0 Å². The van der Waals surface area contributed by atoms with Gasteiger partial charge in [0.1, 0.15) is 5.57 Å². The first kappa shape index (κ1) is 15.1. The second-order valence-electron chi connectivity index (χ2n) is 5.10. The molecular weight excluding hydrogens is 270 g/mol. The zero-order chi connectivity index (χ0) is 15.6. The van der Waals surface area contributed by atoms with E-state index in [0.717, 1.165) is 5.56 Å². The van der Waals surface area contributed by atoms with E-state index in [1.807, 2.05) is 44.2 Å². The summed E-state index contributed by atoms with van der Waals surface area (Å²) in [5.41, 5.74) is 0.786. The van der Waals surface area contributed by atoms with Crippen molar-refractivity contribution in [3.8, 4) is 0 Å². The number of hydrogen-bond donors (Lipinski definition) is 1. The topological polar surface area (TPSA) is 66.8 Å². The molecule has 1 aliphatic heterocycles. The van der Waals surface area contributed by atoms with Crippen LogP contribution in [0.5, 0.6) is 0 Å². The van der Waals surface area contributed by atoms with Gasteiger partial charge in [0.15, 0.2) is 5.76 Å². The van der Waals surface area contributed by atoms with Crippen molar-refractivity contribution in [2.75, 3.05) is 6.61 Å². The highest BCUT2D eigenvalue weighted by Crippen LogP contribution is 2.38. The Balaban J connectivity index is 2.53. The number of benzene rings is 1. The van der Waals surface area contributed by atoms with Gasteiger partial charge in [-0.1, -0.05) is 30.3 Å². The van der Waals surface area contributed by atoms with E-state index in [0.29, 0.717) is 0 Å². The van der Waals surface area contributed by atoms with Crippen LogP contribution in [0.15, 0.2) is 41.7 Å². The van der Waals surface area contributed by atoms with Crippen LogP contribution in [0.3, 0.4) is 0 Å². The number of carbonyl (C=O) groups is 2. The lowest BCUT2D eigenvalue weighted by Crippen LogP contribution is -2.36. The molecule has 1 atom stereocenters. The summed E-state index contributed by atoms with van der Waals surface area (Å²) in [6, 6.07) is 8.39. The third-order valence-corrected chi connectivity index (χ3v) is 3.41. The Morgan fingerprint density at radius 3 is 2.48 bits per heavy atom. The second-order valence-corrected chi connectivity index (χ2v) is 5.10. The molecule has 0 radical (unpaired) electrons. The number of esters is 1. The second kappa shape index (κ2) is 5.99. The van der Waals surface area contributed by atoms with Crippen LogP contribution in [0.1, 0.15) is 32.4 Å². The van der Waals surface area contributed by atoms with Crippen LogP contribution in [-0.4, -0.2) is 34.5 Å². The highest BCUT2D eigenvalue weighted by atomic mass is 16.5. The molecule has 0 aromatic heterocycles. The average molecular weight is 289 g/mol. The lowest BCUT2D eigenvalue weighted by atomic mass is 9.98. The van der Waals surface area contributed by atoms with E-state index >= 15 is 0 Å². The van der Waals surface area contributed by atoms with Gasteiger partial charge in [-0.2, -0.15) is 0 Å². The van der Waals surface area contributed by atoms with Crippen LogP contribution in [0.4, 0.5) is 0 Å². The number of aliphatic hydroxyl groups excluding tert-OH is 1. The standard InChI is InChI=1S/C16H19NO4/c1-4-21-16(20)12-13(11-8-6-5-7-9-11)17(10(2)3)15(19)14(12)18/h5-10,13,18H,4H2,1-3H3. The Bertz CT molecular complexity index is 577. The van der Waals surface area contributed by atoms with E-state index in [-0.39, 0.29) is 18.2 Å². The van der Waals surface area contributed by atoms with E-state index in [1.165, 1.54) is 4.90 Å². The Kier molecular flexibility index (Phi) is 4.31. The van der Waals surface area contributed by atoms with Crippen LogP contribution in [0.25, 0.3) is 0 Å². The lowest BCUT2D eigenvalue weighted by Gasteiger charge is -2.29. The summed E-state index contributed by atoms with van der Waals surface area (Å²) in [4.78, 5) is 25.9. The molecule has 0 saturated heterocycles. The van der Waals surface area contributed by atoms with Gasteiger partial charge >= 0.3 is 5.97 Å². The van der Waals surface area contributed by atoms with Crippen LogP contribution in [0.2, 0.25) is 0 Å². The zero-order valence-corrected chi connectivity index (χ0v) is 12.4. The smallest absolute Gasteiger partial charge is 0.340 e. The number of aliphatic hydroxyl groups is 1. The van der Waals surface area contributed by atoms with Gasteiger partial charge in [0.05, 0.1) is 12.6 Å². The summed E-state index contributed by atoms with van der Waals surface area (Å²) in [6.45, 7) is 5.56. The van der Waals surface area contributed by atoms with E-state index in [4.69, 9.17) is 4.74 Å². The fourth-order valence-corrected chi connectivity index (χ4v) is 2.54. The number of nitrogens with zero attached hydrogens (tertiary/aromatic N) is 1. The first-order valence-electron chi connectivity index (χ1n) is 6.96. The van der Waals surface area contributed by atoms with E-state index in [1.54, 1.807) is 6.92 Å². The summed E-state index contributed by atoms with van der Waals surface area (Å²) in [5, 5.41) is 10.1. The summed E-state index contributed by atoms with van der Waals surface area (Å²) in [7, 11) is 0. The van der Waals surface area contributed by atoms with Gasteiger partial charge < -0.3 is 14.7 Å². The molecule has 0 aliphatic carbocycles. The molecule has 0 bridgehead atoms. The maximum Gasteiger partial charge on any atom is 0.340 e. The number of ether oxygens (including phenoxy) is 1. The first-order chi connectivity index (χ1) is 9.99. The van der Waals surface area contributed by atoms with Crippen LogP contribution in [0, 0.1) is 0 Å². The minimum Gasteiger partial charge on any atom is -0.503 e. The van der Waals surface area contributed by atoms with Gasteiger partial charge in [0.25, 0.3) is 5.91 Å². The predicted molar refractivity (Wildman–Crippen MR) is 77.5 cm³/mol. The zero-order valence-electron chi connectivity index (χ0n) is 12.4. The molecule has 1 aliphatic rings. The molecule has 0 fully saturated rings. The summed E-state index contributed by atoms with van der Waals surface area (Å²) < 4.78 is 4.99. The Labute approximate surface area is 123 Å². The molecule has 5 heteroatoms. The van der Waals surface area contributed by atoms with Gasteiger partial charge in [-0.25, -0.2) is 4.79 Å². The van der Waals surface area contributed by atoms with Crippen LogP contribution in [-0.2, 0) is 14.3 Å². The molecule has 1 unspecified atom stereocenters.